The van der Waals surface area contributed by atoms with E-state index in [0.717, 1.165) is 10.9 Å². The second-order valence-electron chi connectivity index (χ2n) is 3.02. The molecule has 0 fully saturated rings. The average Bonchev–Trinajstić information content (AvgIpc) is 2.63. The monoisotopic (exact) mass is 235 g/mol. The van der Waals surface area contributed by atoms with Gasteiger partial charge >= 0.3 is 0 Å². The number of allylic oxidation sites excluding steroid dienone is 1. The lowest BCUT2D eigenvalue weighted by atomic mass is 10.1. The van der Waals surface area contributed by atoms with Crippen LogP contribution in [0.25, 0.3) is 16.5 Å². The molecule has 1 N–H and O–H groups in total. The van der Waals surface area contributed by atoms with Gasteiger partial charge in [0.15, 0.2) is 0 Å². The van der Waals surface area contributed by atoms with E-state index in [0.29, 0.717) is 0 Å². The summed E-state index contributed by atoms with van der Waals surface area (Å²) in [5, 5.41) is 2.06. The summed E-state index contributed by atoms with van der Waals surface area (Å²) in [5.41, 5.74) is 3.48. The summed E-state index contributed by atoms with van der Waals surface area (Å²) in [5.74, 6) is 0. The molecule has 1 heterocycles. The largest absolute Gasteiger partial charge is 0.361 e. The predicted molar refractivity (Wildman–Crippen MR) is 61.1 cm³/mol. The molecule has 0 saturated carbocycles. The van der Waals surface area contributed by atoms with E-state index >= 15 is 0 Å². The Morgan fingerprint density at radius 3 is 3.00 bits per heavy atom. The molecule has 2 aromatic rings. The normalized spacial score (nSPS) is 10.5. The van der Waals surface area contributed by atoms with Gasteiger partial charge in [-0.05, 0) is 34.7 Å². The Morgan fingerprint density at radius 2 is 2.23 bits per heavy atom. The Hall–Kier alpha value is -1.02. The van der Waals surface area contributed by atoms with Crippen molar-refractivity contribution in [1.29, 1.82) is 0 Å². The van der Waals surface area contributed by atoms with Crippen molar-refractivity contribution in [3.05, 3.63) is 42.6 Å². The molecular formula is C11H10BrN. The molecule has 0 atom stereocenters. The van der Waals surface area contributed by atoms with Crippen LogP contribution in [0.1, 0.15) is 5.56 Å². The van der Waals surface area contributed by atoms with E-state index in [2.05, 4.69) is 51.8 Å². The van der Waals surface area contributed by atoms with E-state index in [9.17, 15) is 0 Å². The molecule has 13 heavy (non-hydrogen) atoms. The molecule has 0 aliphatic heterocycles. The van der Waals surface area contributed by atoms with Crippen molar-refractivity contribution >= 4 is 32.4 Å². The van der Waals surface area contributed by atoms with Gasteiger partial charge in [0.1, 0.15) is 0 Å². The van der Waals surface area contributed by atoms with Crippen LogP contribution in [0, 0.1) is 0 Å². The Bertz CT molecular complexity index is 442. The van der Waals surface area contributed by atoms with Crippen molar-refractivity contribution in [2.75, 3.05) is 5.33 Å². The second-order valence-corrected chi connectivity index (χ2v) is 3.58. The maximum Gasteiger partial charge on any atom is 0.0454 e. The summed E-state index contributed by atoms with van der Waals surface area (Å²) in [6.45, 7) is 3.98. The number of hydrogen-bond acceptors (Lipinski definition) is 0. The molecule has 1 nitrogen and oxygen atoms in total. The van der Waals surface area contributed by atoms with Gasteiger partial charge in [-0.1, -0.05) is 28.6 Å². The molecule has 0 amide bonds. The van der Waals surface area contributed by atoms with E-state index in [1.807, 2.05) is 6.20 Å². The minimum Gasteiger partial charge on any atom is -0.361 e. The molecule has 0 aliphatic rings. The van der Waals surface area contributed by atoms with Crippen molar-refractivity contribution in [3.8, 4) is 0 Å². The zero-order valence-electron chi connectivity index (χ0n) is 7.18. The number of alkyl halides is 1. The van der Waals surface area contributed by atoms with Crippen molar-refractivity contribution in [2.24, 2.45) is 0 Å². The van der Waals surface area contributed by atoms with Crippen molar-refractivity contribution in [2.45, 2.75) is 0 Å². The maximum atomic E-state index is 3.98. The average molecular weight is 236 g/mol. The number of rotatable bonds is 2. The second kappa shape index (κ2) is 3.38. The number of aromatic amines is 1. The van der Waals surface area contributed by atoms with Gasteiger partial charge in [-0.15, -0.1) is 0 Å². The number of aromatic nitrogens is 1. The van der Waals surface area contributed by atoms with E-state index in [4.69, 9.17) is 0 Å². The summed E-state index contributed by atoms with van der Waals surface area (Å²) in [7, 11) is 0. The first-order valence-corrected chi connectivity index (χ1v) is 5.24. The molecule has 0 spiro atoms. The molecule has 0 saturated heterocycles. The minimum absolute atomic E-state index is 0.822. The smallest absolute Gasteiger partial charge is 0.0454 e. The molecule has 1 aromatic carbocycles. The fourth-order valence-corrected chi connectivity index (χ4v) is 1.67. The van der Waals surface area contributed by atoms with Gasteiger partial charge in [0.05, 0.1) is 0 Å². The lowest BCUT2D eigenvalue weighted by molar-refractivity contribution is 1.47. The molecule has 0 bridgehead atoms. The highest BCUT2D eigenvalue weighted by Crippen LogP contribution is 2.20. The number of benzene rings is 1. The fourth-order valence-electron chi connectivity index (χ4n) is 1.35. The number of hydrogen-bond donors (Lipinski definition) is 1. The zero-order valence-corrected chi connectivity index (χ0v) is 8.76. The van der Waals surface area contributed by atoms with E-state index in [-0.39, 0.29) is 0 Å². The number of fused-ring (bicyclic) bond motifs is 1. The third-order valence-corrected chi connectivity index (χ3v) is 2.80. The summed E-state index contributed by atoms with van der Waals surface area (Å²) in [4.78, 5) is 3.16. The molecule has 66 valence electrons. The molecule has 0 radical (unpaired) electrons. The first-order valence-electron chi connectivity index (χ1n) is 4.12. The third kappa shape index (κ3) is 1.54. The van der Waals surface area contributed by atoms with Crippen LogP contribution >= 0.6 is 15.9 Å². The molecular weight excluding hydrogens is 226 g/mol. The van der Waals surface area contributed by atoms with Crippen LogP contribution in [0.2, 0.25) is 0 Å². The number of halogens is 1. The first-order chi connectivity index (χ1) is 6.31. The predicted octanol–water partition coefficient (Wildman–Crippen LogP) is 3.58. The van der Waals surface area contributed by atoms with Crippen LogP contribution in [-0.2, 0) is 0 Å². The van der Waals surface area contributed by atoms with Gasteiger partial charge in [0.2, 0.25) is 0 Å². The molecule has 2 heteroatoms. The Balaban J connectivity index is 2.54. The minimum atomic E-state index is 0.822. The van der Waals surface area contributed by atoms with Gasteiger partial charge in [0.25, 0.3) is 0 Å². The highest BCUT2D eigenvalue weighted by Gasteiger charge is 1.99. The van der Waals surface area contributed by atoms with Crippen LogP contribution in [0.5, 0.6) is 0 Å². The third-order valence-electron chi connectivity index (χ3n) is 2.12. The highest BCUT2D eigenvalue weighted by atomic mass is 79.9. The van der Waals surface area contributed by atoms with Crippen LogP contribution in [-0.4, -0.2) is 10.3 Å². The van der Waals surface area contributed by atoms with Crippen LogP contribution in [0.15, 0.2) is 37.0 Å². The van der Waals surface area contributed by atoms with Crippen LogP contribution in [0.4, 0.5) is 0 Å². The summed E-state index contributed by atoms with van der Waals surface area (Å²) in [6, 6.07) is 8.39. The summed E-state index contributed by atoms with van der Waals surface area (Å²) in [6.07, 6.45) is 1.95. The van der Waals surface area contributed by atoms with Crippen molar-refractivity contribution in [3.63, 3.8) is 0 Å². The first kappa shape index (κ1) is 8.57. The Morgan fingerprint density at radius 1 is 1.38 bits per heavy atom. The Labute approximate surface area is 85.6 Å². The molecule has 0 aliphatic carbocycles. The topological polar surface area (TPSA) is 15.8 Å². The summed E-state index contributed by atoms with van der Waals surface area (Å²) >= 11 is 3.40. The van der Waals surface area contributed by atoms with Gasteiger partial charge in [0, 0.05) is 17.0 Å². The highest BCUT2D eigenvalue weighted by molar-refractivity contribution is 9.09. The lowest BCUT2D eigenvalue weighted by Gasteiger charge is -2.01. The maximum absolute atomic E-state index is 3.98. The molecule has 2 rings (SSSR count). The van der Waals surface area contributed by atoms with E-state index in [1.54, 1.807) is 0 Å². The van der Waals surface area contributed by atoms with Crippen LogP contribution < -0.4 is 0 Å². The molecule has 1 aromatic heterocycles. The lowest BCUT2D eigenvalue weighted by Crippen LogP contribution is -1.82. The fraction of sp³-hybridized carbons (Fsp3) is 0.0909. The zero-order chi connectivity index (χ0) is 9.26. The van der Waals surface area contributed by atoms with Crippen molar-refractivity contribution in [1.82, 2.24) is 4.98 Å². The van der Waals surface area contributed by atoms with Gasteiger partial charge in [-0.3, -0.25) is 0 Å². The van der Waals surface area contributed by atoms with Gasteiger partial charge in [-0.2, -0.15) is 0 Å². The van der Waals surface area contributed by atoms with Gasteiger partial charge < -0.3 is 4.98 Å². The van der Waals surface area contributed by atoms with Crippen molar-refractivity contribution < 1.29 is 0 Å². The van der Waals surface area contributed by atoms with E-state index < -0.39 is 0 Å². The standard InChI is InChI=1S/C11H10BrN/c1-8(7-12)9-2-3-11-10(6-9)4-5-13-11/h2-6,13H,1,7H2. The van der Waals surface area contributed by atoms with Gasteiger partial charge in [-0.25, -0.2) is 0 Å². The Kier molecular flexibility index (Phi) is 2.23. The molecule has 0 unspecified atom stereocenters. The number of H-pyrrole nitrogens is 1. The SMILES string of the molecule is C=C(CBr)c1ccc2[nH]ccc2c1. The number of nitrogens with one attached hydrogen (secondary N) is 1. The quantitative estimate of drug-likeness (QED) is 0.767. The van der Waals surface area contributed by atoms with E-state index in [1.165, 1.54) is 16.5 Å². The van der Waals surface area contributed by atoms with Crippen LogP contribution in [0.3, 0.4) is 0 Å². The summed E-state index contributed by atoms with van der Waals surface area (Å²) < 4.78 is 0.